The summed E-state index contributed by atoms with van der Waals surface area (Å²) < 4.78 is 4.39. The van der Waals surface area contributed by atoms with E-state index < -0.39 is 11.7 Å². The Labute approximate surface area is 85.5 Å². The number of methoxy groups -OCH3 is 1. The maximum atomic E-state index is 11.1. The number of aldehydes is 1. The summed E-state index contributed by atoms with van der Waals surface area (Å²) >= 11 is 0. The maximum absolute atomic E-state index is 11.1. The number of carbonyl (C=O) groups excluding carboxylic acids is 2. The molecule has 0 aromatic heterocycles. The van der Waals surface area contributed by atoms with E-state index in [0.29, 0.717) is 6.29 Å². The molecule has 0 aliphatic carbocycles. The summed E-state index contributed by atoms with van der Waals surface area (Å²) in [5.41, 5.74) is -0.339. The average molecular weight is 205 g/mol. The molecule has 1 rings (SSSR count). The van der Waals surface area contributed by atoms with Crippen LogP contribution in [0.4, 0.5) is 0 Å². The van der Waals surface area contributed by atoms with Crippen LogP contribution in [-0.2, 0) is 4.74 Å². The molecule has 0 heterocycles. The Morgan fingerprint density at radius 2 is 2.27 bits per heavy atom. The second-order valence-electron chi connectivity index (χ2n) is 2.64. The molecule has 76 valence electrons. The molecule has 0 fully saturated rings. The van der Waals surface area contributed by atoms with Crippen molar-refractivity contribution in [2.45, 2.75) is 0 Å². The molecular weight excluding hydrogens is 198 g/mol. The van der Waals surface area contributed by atoms with E-state index in [1.807, 2.05) is 0 Å². The highest BCUT2D eigenvalue weighted by atomic mass is 16.5. The van der Waals surface area contributed by atoms with Crippen molar-refractivity contribution >= 4 is 12.3 Å². The number of hydrogen-bond donors (Lipinski definition) is 1. The van der Waals surface area contributed by atoms with Crippen molar-refractivity contribution in [2.24, 2.45) is 0 Å². The molecule has 1 aromatic carbocycles. The zero-order chi connectivity index (χ0) is 11.4. The van der Waals surface area contributed by atoms with Crippen LogP contribution in [-0.4, -0.2) is 24.5 Å². The van der Waals surface area contributed by atoms with Gasteiger partial charge < -0.3 is 9.84 Å². The first kappa shape index (κ1) is 10.7. The van der Waals surface area contributed by atoms with Crippen molar-refractivity contribution in [1.82, 2.24) is 0 Å². The van der Waals surface area contributed by atoms with E-state index in [-0.39, 0.29) is 16.7 Å². The number of phenols is 1. The smallest absolute Gasteiger partial charge is 0.341 e. The Kier molecular flexibility index (Phi) is 3.03. The normalized spacial score (nSPS) is 9.07. The number of nitrogens with zero attached hydrogens (tertiary/aromatic N) is 1. The highest BCUT2D eigenvalue weighted by Gasteiger charge is 2.17. The van der Waals surface area contributed by atoms with Gasteiger partial charge in [0.25, 0.3) is 0 Å². The molecule has 0 saturated heterocycles. The number of ether oxygens (including phenoxy) is 1. The second kappa shape index (κ2) is 4.24. The number of carbonyl (C=O) groups is 2. The summed E-state index contributed by atoms with van der Waals surface area (Å²) in [7, 11) is 1.15. The third-order valence-electron chi connectivity index (χ3n) is 1.86. The van der Waals surface area contributed by atoms with Gasteiger partial charge in [-0.3, -0.25) is 4.79 Å². The maximum Gasteiger partial charge on any atom is 0.341 e. The van der Waals surface area contributed by atoms with Gasteiger partial charge in [-0.1, -0.05) is 0 Å². The molecule has 5 heteroatoms. The van der Waals surface area contributed by atoms with Crippen molar-refractivity contribution in [3.05, 3.63) is 28.8 Å². The molecule has 0 spiro atoms. The molecule has 0 aliphatic rings. The lowest BCUT2D eigenvalue weighted by Crippen LogP contribution is -2.04. The van der Waals surface area contributed by atoms with Gasteiger partial charge in [-0.15, -0.1) is 0 Å². The van der Waals surface area contributed by atoms with Crippen LogP contribution in [0.5, 0.6) is 5.75 Å². The van der Waals surface area contributed by atoms with Crippen LogP contribution >= 0.6 is 0 Å². The molecule has 0 bridgehead atoms. The van der Waals surface area contributed by atoms with Crippen molar-refractivity contribution in [3.8, 4) is 11.8 Å². The molecule has 0 radical (unpaired) electrons. The Morgan fingerprint density at radius 3 is 2.73 bits per heavy atom. The van der Waals surface area contributed by atoms with Gasteiger partial charge in [0, 0.05) is 0 Å². The highest BCUT2D eigenvalue weighted by molar-refractivity contribution is 5.97. The Balaban J connectivity index is 3.43. The standard InChI is InChI=1S/C10H7NO4/c1-15-10(14)7-3-2-6(4-11)8(5-12)9(7)13/h2-3,5,13H,1H3. The van der Waals surface area contributed by atoms with Crippen LogP contribution < -0.4 is 0 Å². The first-order chi connectivity index (χ1) is 7.15. The van der Waals surface area contributed by atoms with E-state index in [2.05, 4.69) is 4.74 Å². The van der Waals surface area contributed by atoms with Crippen LogP contribution in [0.1, 0.15) is 26.3 Å². The molecule has 0 saturated carbocycles. The average Bonchev–Trinajstić information content (AvgIpc) is 2.27. The molecule has 0 atom stereocenters. The largest absolute Gasteiger partial charge is 0.506 e. The number of aromatic hydroxyl groups is 1. The van der Waals surface area contributed by atoms with Gasteiger partial charge in [0.2, 0.25) is 0 Å². The van der Waals surface area contributed by atoms with E-state index >= 15 is 0 Å². The zero-order valence-corrected chi connectivity index (χ0v) is 7.85. The van der Waals surface area contributed by atoms with Gasteiger partial charge in [-0.2, -0.15) is 5.26 Å². The summed E-state index contributed by atoms with van der Waals surface area (Å²) in [5.74, 6) is -1.30. The molecule has 1 aromatic rings. The minimum atomic E-state index is -0.764. The van der Waals surface area contributed by atoms with E-state index in [1.54, 1.807) is 6.07 Å². The monoisotopic (exact) mass is 205 g/mol. The summed E-state index contributed by atoms with van der Waals surface area (Å²) in [5, 5.41) is 18.1. The number of esters is 1. The first-order valence-electron chi connectivity index (χ1n) is 3.95. The van der Waals surface area contributed by atoms with E-state index in [4.69, 9.17) is 5.26 Å². The summed E-state index contributed by atoms with van der Waals surface area (Å²) in [6.07, 6.45) is 0.320. The fraction of sp³-hybridized carbons (Fsp3) is 0.100. The summed E-state index contributed by atoms with van der Waals surface area (Å²) in [6, 6.07) is 4.23. The third kappa shape index (κ3) is 1.79. The lowest BCUT2D eigenvalue weighted by atomic mass is 10.0. The highest BCUT2D eigenvalue weighted by Crippen LogP contribution is 2.24. The van der Waals surface area contributed by atoms with E-state index in [0.717, 1.165) is 7.11 Å². The Morgan fingerprint density at radius 1 is 1.60 bits per heavy atom. The Hall–Kier alpha value is -2.35. The summed E-state index contributed by atoms with van der Waals surface area (Å²) in [6.45, 7) is 0. The minimum Gasteiger partial charge on any atom is -0.506 e. The lowest BCUT2D eigenvalue weighted by molar-refractivity contribution is 0.0597. The lowest BCUT2D eigenvalue weighted by Gasteiger charge is -2.05. The number of phenolic OH excluding ortho intramolecular Hbond substituents is 1. The van der Waals surface area contributed by atoms with E-state index in [1.165, 1.54) is 12.1 Å². The number of benzene rings is 1. The predicted molar refractivity (Wildman–Crippen MR) is 49.5 cm³/mol. The molecule has 1 N–H and O–H groups in total. The first-order valence-corrected chi connectivity index (χ1v) is 3.95. The number of nitriles is 1. The second-order valence-corrected chi connectivity index (χ2v) is 2.64. The summed E-state index contributed by atoms with van der Waals surface area (Å²) in [4.78, 5) is 21.7. The van der Waals surface area contributed by atoms with Crippen LogP contribution in [0.2, 0.25) is 0 Å². The van der Waals surface area contributed by atoms with Crippen LogP contribution in [0.15, 0.2) is 12.1 Å². The molecule has 15 heavy (non-hydrogen) atoms. The van der Waals surface area contributed by atoms with Crippen molar-refractivity contribution in [2.75, 3.05) is 7.11 Å². The van der Waals surface area contributed by atoms with E-state index in [9.17, 15) is 14.7 Å². The molecule has 0 aliphatic heterocycles. The van der Waals surface area contributed by atoms with Gasteiger partial charge in [0.05, 0.1) is 18.2 Å². The van der Waals surface area contributed by atoms with Crippen LogP contribution in [0, 0.1) is 11.3 Å². The van der Waals surface area contributed by atoms with Gasteiger partial charge in [-0.05, 0) is 12.1 Å². The molecular formula is C10H7NO4. The van der Waals surface area contributed by atoms with Gasteiger partial charge in [0.1, 0.15) is 17.4 Å². The van der Waals surface area contributed by atoms with Crippen LogP contribution in [0.25, 0.3) is 0 Å². The van der Waals surface area contributed by atoms with Crippen molar-refractivity contribution in [3.63, 3.8) is 0 Å². The molecule has 0 amide bonds. The third-order valence-corrected chi connectivity index (χ3v) is 1.86. The fourth-order valence-corrected chi connectivity index (χ4v) is 1.10. The topological polar surface area (TPSA) is 87.4 Å². The zero-order valence-electron chi connectivity index (χ0n) is 7.85. The molecule has 5 nitrogen and oxygen atoms in total. The van der Waals surface area contributed by atoms with Crippen LogP contribution in [0.3, 0.4) is 0 Å². The quantitative estimate of drug-likeness (QED) is 0.571. The van der Waals surface area contributed by atoms with Gasteiger partial charge >= 0.3 is 5.97 Å². The fourth-order valence-electron chi connectivity index (χ4n) is 1.10. The minimum absolute atomic E-state index is 0.00940. The van der Waals surface area contributed by atoms with Crippen molar-refractivity contribution in [1.29, 1.82) is 5.26 Å². The predicted octanol–water partition coefficient (Wildman–Crippen LogP) is 0.863. The van der Waals surface area contributed by atoms with Crippen molar-refractivity contribution < 1.29 is 19.4 Å². The Bertz CT molecular complexity index is 459. The SMILES string of the molecule is COC(=O)c1ccc(C#N)c(C=O)c1O. The van der Waals surface area contributed by atoms with Gasteiger partial charge in [0.15, 0.2) is 6.29 Å². The number of rotatable bonds is 2. The molecule has 0 unspecified atom stereocenters. The van der Waals surface area contributed by atoms with Gasteiger partial charge in [-0.25, -0.2) is 4.79 Å². The number of hydrogen-bond acceptors (Lipinski definition) is 5.